The van der Waals surface area contributed by atoms with E-state index in [9.17, 15) is 0 Å². The van der Waals surface area contributed by atoms with Crippen LogP contribution in [0.15, 0.2) is 34.9 Å². The molecule has 0 N–H and O–H groups in total. The van der Waals surface area contributed by atoms with E-state index in [0.717, 1.165) is 5.92 Å². The highest BCUT2D eigenvalue weighted by atomic mass is 14.3. The molecule has 3 rings (SSSR count). The summed E-state index contributed by atoms with van der Waals surface area (Å²) < 4.78 is 0. The smallest absolute Gasteiger partial charge is 0.0159 e. The molecule has 1 unspecified atom stereocenters. The summed E-state index contributed by atoms with van der Waals surface area (Å²) >= 11 is 0. The van der Waals surface area contributed by atoms with E-state index in [1.807, 2.05) is 0 Å². The van der Waals surface area contributed by atoms with Crippen molar-refractivity contribution in [3.05, 3.63) is 34.9 Å². The Bertz CT molecular complexity index is 328. The lowest BCUT2D eigenvalue weighted by molar-refractivity contribution is 0.463. The average molecular weight is 186 g/mol. The van der Waals surface area contributed by atoms with Crippen LogP contribution >= 0.6 is 0 Å². The van der Waals surface area contributed by atoms with Crippen LogP contribution in [0.5, 0.6) is 0 Å². The van der Waals surface area contributed by atoms with Crippen LogP contribution < -0.4 is 0 Å². The Morgan fingerprint density at radius 2 is 2.07 bits per heavy atom. The molecule has 0 aliphatic heterocycles. The van der Waals surface area contributed by atoms with E-state index in [4.69, 9.17) is 0 Å². The largest absolute Gasteiger partial charge is 0.0839 e. The molecule has 3 aliphatic rings. The van der Waals surface area contributed by atoms with Gasteiger partial charge in [0.2, 0.25) is 0 Å². The molecule has 0 spiro atoms. The van der Waals surface area contributed by atoms with Crippen LogP contribution in [0, 0.1) is 5.92 Å². The number of rotatable bonds is 0. The minimum atomic E-state index is 0.925. The Morgan fingerprint density at radius 3 is 3.07 bits per heavy atom. The van der Waals surface area contributed by atoms with Crippen molar-refractivity contribution < 1.29 is 0 Å². The van der Waals surface area contributed by atoms with E-state index in [-0.39, 0.29) is 0 Å². The molecule has 0 nitrogen and oxygen atoms in total. The normalized spacial score (nSPS) is 30.9. The SMILES string of the molecule is C1=CC2=C(CC1)C1=CCCCC1CC2. The summed E-state index contributed by atoms with van der Waals surface area (Å²) in [5.74, 6) is 0.925. The van der Waals surface area contributed by atoms with Crippen molar-refractivity contribution in [3.8, 4) is 0 Å². The van der Waals surface area contributed by atoms with E-state index in [0.29, 0.717) is 0 Å². The molecule has 0 heterocycles. The molecule has 1 atom stereocenters. The Morgan fingerprint density at radius 1 is 1.07 bits per heavy atom. The summed E-state index contributed by atoms with van der Waals surface area (Å²) in [6, 6.07) is 0. The molecule has 0 heteroatoms. The van der Waals surface area contributed by atoms with Gasteiger partial charge in [-0.05, 0) is 67.6 Å². The number of hydrogen-bond donors (Lipinski definition) is 0. The first-order valence-electron chi connectivity index (χ1n) is 6.04. The van der Waals surface area contributed by atoms with Crippen molar-refractivity contribution in [2.24, 2.45) is 5.92 Å². The summed E-state index contributed by atoms with van der Waals surface area (Å²) in [5.41, 5.74) is 5.12. The molecule has 0 bridgehead atoms. The van der Waals surface area contributed by atoms with Gasteiger partial charge in [-0.1, -0.05) is 18.2 Å². The van der Waals surface area contributed by atoms with Crippen LogP contribution in [0.2, 0.25) is 0 Å². The number of fused-ring (bicyclic) bond motifs is 2. The molecule has 0 saturated carbocycles. The quantitative estimate of drug-likeness (QED) is 0.533. The predicted molar refractivity (Wildman–Crippen MR) is 60.1 cm³/mol. The first-order chi connectivity index (χ1) is 6.95. The summed E-state index contributed by atoms with van der Waals surface area (Å²) in [7, 11) is 0. The van der Waals surface area contributed by atoms with Crippen LogP contribution in [0.1, 0.15) is 44.9 Å². The van der Waals surface area contributed by atoms with E-state index in [1.165, 1.54) is 44.9 Å². The highest BCUT2D eigenvalue weighted by Gasteiger charge is 2.26. The second kappa shape index (κ2) is 3.42. The lowest BCUT2D eigenvalue weighted by Gasteiger charge is -2.33. The van der Waals surface area contributed by atoms with E-state index >= 15 is 0 Å². The van der Waals surface area contributed by atoms with Gasteiger partial charge in [0.15, 0.2) is 0 Å². The fourth-order valence-electron chi connectivity index (χ4n) is 3.22. The van der Waals surface area contributed by atoms with Gasteiger partial charge in [-0.15, -0.1) is 0 Å². The fraction of sp³-hybridized carbons (Fsp3) is 0.571. The maximum absolute atomic E-state index is 2.53. The van der Waals surface area contributed by atoms with E-state index in [2.05, 4.69) is 18.2 Å². The fourth-order valence-corrected chi connectivity index (χ4v) is 3.22. The topological polar surface area (TPSA) is 0 Å². The molecule has 0 radical (unpaired) electrons. The zero-order valence-electron chi connectivity index (χ0n) is 8.76. The van der Waals surface area contributed by atoms with Gasteiger partial charge < -0.3 is 0 Å². The lowest BCUT2D eigenvalue weighted by atomic mass is 9.72. The second-order valence-electron chi connectivity index (χ2n) is 4.77. The molecule has 0 saturated heterocycles. The minimum Gasteiger partial charge on any atom is -0.0839 e. The van der Waals surface area contributed by atoms with Gasteiger partial charge in [0.05, 0.1) is 0 Å². The number of hydrogen-bond acceptors (Lipinski definition) is 0. The summed E-state index contributed by atoms with van der Waals surface area (Å²) in [5, 5.41) is 0. The first kappa shape index (κ1) is 8.52. The summed E-state index contributed by atoms with van der Waals surface area (Å²) in [6.07, 6.45) is 16.8. The van der Waals surface area contributed by atoms with Crippen molar-refractivity contribution in [3.63, 3.8) is 0 Å². The third kappa shape index (κ3) is 1.28. The zero-order valence-corrected chi connectivity index (χ0v) is 8.76. The molecule has 0 fully saturated rings. The van der Waals surface area contributed by atoms with Crippen molar-refractivity contribution in [1.82, 2.24) is 0 Å². The van der Waals surface area contributed by atoms with E-state index < -0.39 is 0 Å². The molecule has 3 aliphatic carbocycles. The average Bonchev–Trinajstić information content (AvgIpc) is 2.29. The molecule has 0 amide bonds. The van der Waals surface area contributed by atoms with Gasteiger partial charge in [0, 0.05) is 0 Å². The molecule has 0 aromatic heterocycles. The van der Waals surface area contributed by atoms with Crippen LogP contribution in [0.25, 0.3) is 0 Å². The molecular weight excluding hydrogens is 168 g/mol. The minimum absolute atomic E-state index is 0.925. The highest BCUT2D eigenvalue weighted by Crippen LogP contribution is 2.43. The highest BCUT2D eigenvalue weighted by molar-refractivity contribution is 5.46. The molecule has 0 aromatic carbocycles. The molecule has 14 heavy (non-hydrogen) atoms. The van der Waals surface area contributed by atoms with Crippen molar-refractivity contribution in [2.45, 2.75) is 44.9 Å². The molecular formula is C14H18. The van der Waals surface area contributed by atoms with Crippen molar-refractivity contribution >= 4 is 0 Å². The first-order valence-corrected chi connectivity index (χ1v) is 6.04. The third-order valence-electron chi connectivity index (χ3n) is 3.94. The van der Waals surface area contributed by atoms with E-state index in [1.54, 1.807) is 16.7 Å². The second-order valence-corrected chi connectivity index (χ2v) is 4.77. The lowest BCUT2D eigenvalue weighted by Crippen LogP contribution is -2.17. The van der Waals surface area contributed by atoms with Crippen LogP contribution in [0.4, 0.5) is 0 Å². The Kier molecular flexibility index (Phi) is 2.08. The Balaban J connectivity index is 2.02. The summed E-state index contributed by atoms with van der Waals surface area (Å²) in [4.78, 5) is 0. The van der Waals surface area contributed by atoms with Gasteiger partial charge in [-0.25, -0.2) is 0 Å². The van der Waals surface area contributed by atoms with Gasteiger partial charge in [-0.3, -0.25) is 0 Å². The van der Waals surface area contributed by atoms with Crippen molar-refractivity contribution in [1.29, 1.82) is 0 Å². The van der Waals surface area contributed by atoms with Crippen LogP contribution in [0.3, 0.4) is 0 Å². The summed E-state index contributed by atoms with van der Waals surface area (Å²) in [6.45, 7) is 0. The predicted octanol–water partition coefficient (Wildman–Crippen LogP) is 4.15. The molecule has 0 aromatic rings. The van der Waals surface area contributed by atoms with Gasteiger partial charge >= 0.3 is 0 Å². The van der Waals surface area contributed by atoms with Gasteiger partial charge in [-0.2, -0.15) is 0 Å². The third-order valence-corrected chi connectivity index (χ3v) is 3.94. The van der Waals surface area contributed by atoms with Gasteiger partial charge in [0.25, 0.3) is 0 Å². The van der Waals surface area contributed by atoms with Crippen molar-refractivity contribution in [2.75, 3.05) is 0 Å². The van der Waals surface area contributed by atoms with Gasteiger partial charge in [0.1, 0.15) is 0 Å². The maximum atomic E-state index is 2.53. The Labute approximate surface area is 86.4 Å². The van der Waals surface area contributed by atoms with Crippen LogP contribution in [-0.2, 0) is 0 Å². The Hall–Kier alpha value is -0.780. The monoisotopic (exact) mass is 186 g/mol. The maximum Gasteiger partial charge on any atom is -0.0159 e. The molecule has 74 valence electrons. The zero-order chi connectivity index (χ0) is 9.38. The number of allylic oxidation sites excluding steroid dienone is 6. The standard InChI is InChI=1S/C14H18/c1-3-7-13-11(5-1)9-10-12-6-2-4-8-14(12)13/h1,5,8,12H,2-4,6-7,9-10H2. The van der Waals surface area contributed by atoms with Crippen LogP contribution in [-0.4, -0.2) is 0 Å².